The zero-order valence-corrected chi connectivity index (χ0v) is 17.2. The van der Waals surface area contributed by atoms with Crippen LogP contribution in [0.2, 0.25) is 0 Å². The number of nitrogens with one attached hydrogen (secondary N) is 2. The number of rotatable bonds is 8. The van der Waals surface area contributed by atoms with Crippen LogP contribution in [0, 0.1) is 0 Å². The maximum absolute atomic E-state index is 12.3. The van der Waals surface area contributed by atoms with Crippen molar-refractivity contribution in [2.75, 3.05) is 56.1 Å². The van der Waals surface area contributed by atoms with Crippen LogP contribution in [0.15, 0.2) is 42.7 Å². The second-order valence-electron chi connectivity index (χ2n) is 6.91. The molecule has 9 nitrogen and oxygen atoms in total. The van der Waals surface area contributed by atoms with E-state index in [0.29, 0.717) is 24.4 Å². The Morgan fingerprint density at radius 1 is 1.07 bits per heavy atom. The third-order valence-corrected chi connectivity index (χ3v) is 4.81. The van der Waals surface area contributed by atoms with E-state index < -0.39 is 6.09 Å². The summed E-state index contributed by atoms with van der Waals surface area (Å²) < 4.78 is 4.83. The first-order valence-corrected chi connectivity index (χ1v) is 10.2. The second kappa shape index (κ2) is 11.1. The molecule has 2 heterocycles. The van der Waals surface area contributed by atoms with E-state index in [4.69, 9.17) is 4.74 Å². The molecule has 1 aliphatic heterocycles. The Hall–Kier alpha value is -3.20. The Balaban J connectivity index is 1.33. The van der Waals surface area contributed by atoms with Gasteiger partial charge in [0.15, 0.2) is 0 Å². The summed E-state index contributed by atoms with van der Waals surface area (Å²) in [5, 5.41) is 5.55. The van der Waals surface area contributed by atoms with Gasteiger partial charge in [0.2, 0.25) is 5.95 Å². The second-order valence-corrected chi connectivity index (χ2v) is 6.91. The van der Waals surface area contributed by atoms with Gasteiger partial charge in [-0.25, -0.2) is 14.8 Å². The van der Waals surface area contributed by atoms with E-state index in [2.05, 4.69) is 30.4 Å². The number of carbonyl (C=O) groups excluding carboxylic acids is 2. The summed E-state index contributed by atoms with van der Waals surface area (Å²) in [5.74, 6) is 0.664. The number of hydrogen-bond acceptors (Lipinski definition) is 7. The fourth-order valence-electron chi connectivity index (χ4n) is 3.22. The van der Waals surface area contributed by atoms with Gasteiger partial charge >= 0.3 is 6.09 Å². The number of piperazine rings is 1. The average molecular weight is 412 g/mol. The number of anilines is 2. The number of amides is 2. The lowest BCUT2D eigenvalue weighted by Gasteiger charge is -2.34. The maximum Gasteiger partial charge on any atom is 0.411 e. The zero-order chi connectivity index (χ0) is 21.2. The highest BCUT2D eigenvalue weighted by atomic mass is 16.5. The van der Waals surface area contributed by atoms with Crippen molar-refractivity contribution >= 4 is 23.6 Å². The molecule has 1 aromatic carbocycles. The summed E-state index contributed by atoms with van der Waals surface area (Å²) in [6.45, 7) is 7.33. The molecule has 2 aromatic rings. The predicted octanol–water partition coefficient (Wildman–Crippen LogP) is 1.99. The molecule has 1 fully saturated rings. The van der Waals surface area contributed by atoms with Gasteiger partial charge in [-0.2, -0.15) is 0 Å². The highest BCUT2D eigenvalue weighted by Gasteiger charge is 2.18. The van der Waals surface area contributed by atoms with Gasteiger partial charge in [-0.1, -0.05) is 0 Å². The summed E-state index contributed by atoms with van der Waals surface area (Å²) >= 11 is 0. The minimum atomic E-state index is -0.508. The van der Waals surface area contributed by atoms with Crippen LogP contribution in [0.4, 0.5) is 16.4 Å². The molecule has 0 bridgehead atoms. The Bertz CT molecular complexity index is 807. The van der Waals surface area contributed by atoms with Crippen molar-refractivity contribution in [1.82, 2.24) is 20.2 Å². The van der Waals surface area contributed by atoms with Crippen LogP contribution in [0.1, 0.15) is 23.7 Å². The van der Waals surface area contributed by atoms with Crippen LogP contribution in [0.3, 0.4) is 0 Å². The quantitative estimate of drug-likeness (QED) is 0.640. The van der Waals surface area contributed by atoms with Crippen LogP contribution in [0.25, 0.3) is 0 Å². The van der Waals surface area contributed by atoms with Gasteiger partial charge < -0.3 is 15.0 Å². The zero-order valence-electron chi connectivity index (χ0n) is 17.2. The highest BCUT2D eigenvalue weighted by molar-refractivity contribution is 5.95. The van der Waals surface area contributed by atoms with Crippen LogP contribution in [-0.4, -0.2) is 72.7 Å². The molecule has 30 heavy (non-hydrogen) atoms. The third kappa shape index (κ3) is 6.41. The van der Waals surface area contributed by atoms with E-state index in [-0.39, 0.29) is 5.91 Å². The summed E-state index contributed by atoms with van der Waals surface area (Å²) in [7, 11) is 0. The molecule has 0 aliphatic carbocycles. The van der Waals surface area contributed by atoms with Gasteiger partial charge in [-0.05, 0) is 50.2 Å². The molecule has 1 aromatic heterocycles. The molecule has 1 saturated heterocycles. The lowest BCUT2D eigenvalue weighted by molar-refractivity contribution is 0.0951. The normalized spacial score (nSPS) is 14.2. The number of benzene rings is 1. The van der Waals surface area contributed by atoms with E-state index in [1.165, 1.54) is 0 Å². The van der Waals surface area contributed by atoms with Crippen molar-refractivity contribution in [3.63, 3.8) is 0 Å². The molecule has 0 atom stereocenters. The van der Waals surface area contributed by atoms with Gasteiger partial charge in [-0.3, -0.25) is 15.0 Å². The van der Waals surface area contributed by atoms with Crippen molar-refractivity contribution < 1.29 is 14.3 Å². The van der Waals surface area contributed by atoms with E-state index in [1.807, 2.05) is 6.07 Å². The molecular weight excluding hydrogens is 384 g/mol. The van der Waals surface area contributed by atoms with Gasteiger partial charge in [0.25, 0.3) is 5.91 Å². The fourth-order valence-corrected chi connectivity index (χ4v) is 3.22. The van der Waals surface area contributed by atoms with E-state index in [9.17, 15) is 9.59 Å². The number of carbonyl (C=O) groups is 2. The number of ether oxygens (including phenoxy) is 1. The van der Waals surface area contributed by atoms with E-state index in [0.717, 1.165) is 45.1 Å². The van der Waals surface area contributed by atoms with Crippen molar-refractivity contribution in [2.45, 2.75) is 13.3 Å². The van der Waals surface area contributed by atoms with Crippen LogP contribution in [-0.2, 0) is 4.74 Å². The minimum absolute atomic E-state index is 0.122. The lowest BCUT2D eigenvalue weighted by Crippen LogP contribution is -2.47. The summed E-state index contributed by atoms with van der Waals surface area (Å²) in [6, 6.07) is 8.55. The summed E-state index contributed by atoms with van der Waals surface area (Å²) in [5.41, 5.74) is 1.14. The van der Waals surface area contributed by atoms with Crippen molar-refractivity contribution in [3.05, 3.63) is 48.3 Å². The van der Waals surface area contributed by atoms with E-state index in [1.54, 1.807) is 43.6 Å². The molecule has 0 spiro atoms. The Kier molecular flexibility index (Phi) is 7.96. The molecule has 0 saturated carbocycles. The lowest BCUT2D eigenvalue weighted by atomic mass is 10.2. The third-order valence-electron chi connectivity index (χ3n) is 4.81. The highest BCUT2D eigenvalue weighted by Crippen LogP contribution is 2.11. The first-order chi connectivity index (χ1) is 14.7. The monoisotopic (exact) mass is 412 g/mol. The molecule has 1 aliphatic rings. The molecule has 9 heteroatoms. The molecule has 3 rings (SSSR count). The molecule has 0 unspecified atom stereocenters. The molecule has 2 N–H and O–H groups in total. The smallest absolute Gasteiger partial charge is 0.411 e. The first kappa shape index (κ1) is 21.5. The molecule has 0 radical (unpaired) electrons. The Morgan fingerprint density at radius 3 is 2.43 bits per heavy atom. The van der Waals surface area contributed by atoms with Gasteiger partial charge in [0, 0.05) is 56.4 Å². The van der Waals surface area contributed by atoms with Crippen LogP contribution >= 0.6 is 0 Å². The van der Waals surface area contributed by atoms with Crippen molar-refractivity contribution in [1.29, 1.82) is 0 Å². The van der Waals surface area contributed by atoms with Crippen molar-refractivity contribution in [2.24, 2.45) is 0 Å². The Labute approximate surface area is 176 Å². The van der Waals surface area contributed by atoms with Crippen molar-refractivity contribution in [3.8, 4) is 0 Å². The Morgan fingerprint density at radius 2 is 1.77 bits per heavy atom. The fraction of sp³-hybridized carbons (Fsp3) is 0.429. The number of aromatic nitrogens is 2. The summed E-state index contributed by atoms with van der Waals surface area (Å²) in [6.07, 6.45) is 3.91. The van der Waals surface area contributed by atoms with Gasteiger partial charge in [0.05, 0.1) is 6.61 Å². The standard InChI is InChI=1S/C21H28N6O3/c1-2-30-21(29)25-18-7-5-17(6-8-18)19(28)22-11-4-12-26-13-15-27(16-14-26)20-23-9-3-10-24-20/h3,5-10H,2,4,11-16H2,1H3,(H,22,28)(H,25,29). The predicted molar refractivity (Wildman–Crippen MR) is 115 cm³/mol. The molecule has 160 valence electrons. The topological polar surface area (TPSA) is 99.7 Å². The average Bonchev–Trinajstić information content (AvgIpc) is 2.78. The number of nitrogens with zero attached hydrogens (tertiary/aromatic N) is 4. The largest absolute Gasteiger partial charge is 0.450 e. The summed E-state index contributed by atoms with van der Waals surface area (Å²) in [4.78, 5) is 36.9. The van der Waals surface area contributed by atoms with Gasteiger partial charge in [-0.15, -0.1) is 0 Å². The first-order valence-electron chi connectivity index (χ1n) is 10.2. The van der Waals surface area contributed by atoms with Gasteiger partial charge in [0.1, 0.15) is 0 Å². The minimum Gasteiger partial charge on any atom is -0.450 e. The molecular formula is C21H28N6O3. The SMILES string of the molecule is CCOC(=O)Nc1ccc(C(=O)NCCCN2CCN(c3ncccn3)CC2)cc1. The number of hydrogen-bond donors (Lipinski definition) is 2. The van der Waals surface area contributed by atoms with Crippen LogP contribution in [0.5, 0.6) is 0 Å². The van der Waals surface area contributed by atoms with Crippen LogP contribution < -0.4 is 15.5 Å². The maximum atomic E-state index is 12.3. The molecule has 2 amide bonds. The van der Waals surface area contributed by atoms with E-state index >= 15 is 0 Å².